The highest BCUT2D eigenvalue weighted by Gasteiger charge is 2.33. The summed E-state index contributed by atoms with van der Waals surface area (Å²) in [5.41, 5.74) is -0.400. The Morgan fingerprint density at radius 2 is 2.14 bits per heavy atom. The SMILES string of the molecule is CCC1CCN(S(=O)(=O)c2cc(C(=O)O)cc(F)c2C)C1. The summed E-state index contributed by atoms with van der Waals surface area (Å²) < 4.78 is 40.3. The number of rotatable bonds is 4. The highest BCUT2D eigenvalue weighted by Crippen LogP contribution is 2.29. The van der Waals surface area contributed by atoms with Gasteiger partial charge < -0.3 is 5.11 Å². The van der Waals surface area contributed by atoms with E-state index in [1.807, 2.05) is 6.92 Å². The third-order valence-corrected chi connectivity index (χ3v) is 5.98. The molecule has 0 aliphatic carbocycles. The molecule has 0 saturated carbocycles. The Balaban J connectivity index is 2.47. The van der Waals surface area contributed by atoms with Crippen LogP contribution in [0.15, 0.2) is 17.0 Å². The van der Waals surface area contributed by atoms with Crippen LogP contribution >= 0.6 is 0 Å². The number of hydrogen-bond donors (Lipinski definition) is 1. The van der Waals surface area contributed by atoms with E-state index < -0.39 is 21.8 Å². The molecule has 2 rings (SSSR count). The zero-order valence-electron chi connectivity index (χ0n) is 12.0. The lowest BCUT2D eigenvalue weighted by molar-refractivity contribution is 0.0696. The van der Waals surface area contributed by atoms with Crippen molar-refractivity contribution in [2.75, 3.05) is 13.1 Å². The molecule has 1 saturated heterocycles. The molecule has 0 bridgehead atoms. The van der Waals surface area contributed by atoms with E-state index in [0.29, 0.717) is 19.0 Å². The van der Waals surface area contributed by atoms with Gasteiger partial charge in [-0.1, -0.05) is 13.3 Å². The summed E-state index contributed by atoms with van der Waals surface area (Å²) in [6.45, 7) is 4.13. The number of aromatic carboxylic acids is 1. The zero-order valence-corrected chi connectivity index (χ0v) is 12.8. The summed E-state index contributed by atoms with van der Waals surface area (Å²) in [7, 11) is -3.86. The molecule has 1 heterocycles. The molecule has 0 radical (unpaired) electrons. The van der Waals surface area contributed by atoms with Crippen LogP contribution < -0.4 is 0 Å². The predicted molar refractivity (Wildman–Crippen MR) is 75.3 cm³/mol. The third-order valence-electron chi connectivity index (χ3n) is 3.99. The summed E-state index contributed by atoms with van der Waals surface area (Å²) in [6.07, 6.45) is 1.66. The Hall–Kier alpha value is -1.47. The van der Waals surface area contributed by atoms with Crippen molar-refractivity contribution in [3.8, 4) is 0 Å². The highest BCUT2D eigenvalue weighted by molar-refractivity contribution is 7.89. The molecule has 5 nitrogen and oxygen atoms in total. The van der Waals surface area contributed by atoms with Crippen LogP contribution in [0.2, 0.25) is 0 Å². The second-order valence-corrected chi connectivity index (χ2v) is 7.22. The zero-order chi connectivity index (χ0) is 15.8. The number of halogens is 1. The van der Waals surface area contributed by atoms with Crippen molar-refractivity contribution in [1.29, 1.82) is 0 Å². The van der Waals surface area contributed by atoms with E-state index >= 15 is 0 Å². The molecule has 1 unspecified atom stereocenters. The quantitative estimate of drug-likeness (QED) is 0.925. The van der Waals surface area contributed by atoms with E-state index in [1.54, 1.807) is 0 Å². The van der Waals surface area contributed by atoms with Crippen LogP contribution in [0.1, 0.15) is 35.7 Å². The fraction of sp³-hybridized carbons (Fsp3) is 0.500. The molecule has 0 aromatic heterocycles. The predicted octanol–water partition coefficient (Wildman–Crippen LogP) is 2.25. The number of benzene rings is 1. The van der Waals surface area contributed by atoms with Gasteiger partial charge in [0.15, 0.2) is 0 Å². The summed E-state index contributed by atoms with van der Waals surface area (Å²) in [4.78, 5) is 10.7. The Morgan fingerprint density at radius 3 is 2.67 bits per heavy atom. The molecule has 1 aromatic carbocycles. The van der Waals surface area contributed by atoms with Crippen LogP contribution in [0.3, 0.4) is 0 Å². The van der Waals surface area contributed by atoms with Crippen LogP contribution in [0.25, 0.3) is 0 Å². The number of hydrogen-bond acceptors (Lipinski definition) is 3. The van der Waals surface area contributed by atoms with Crippen LogP contribution in [0.5, 0.6) is 0 Å². The van der Waals surface area contributed by atoms with Crippen LogP contribution in [-0.2, 0) is 10.0 Å². The van der Waals surface area contributed by atoms with Crippen molar-refractivity contribution in [3.05, 3.63) is 29.1 Å². The molecule has 0 amide bonds. The van der Waals surface area contributed by atoms with Gasteiger partial charge in [0.1, 0.15) is 5.82 Å². The van der Waals surface area contributed by atoms with E-state index in [2.05, 4.69) is 0 Å². The Kier molecular flexibility index (Phi) is 4.34. The van der Waals surface area contributed by atoms with Crippen LogP contribution in [0, 0.1) is 18.7 Å². The Morgan fingerprint density at radius 1 is 1.48 bits per heavy atom. The first-order valence-electron chi connectivity index (χ1n) is 6.81. The van der Waals surface area contributed by atoms with Gasteiger partial charge in [0.2, 0.25) is 10.0 Å². The van der Waals surface area contributed by atoms with Gasteiger partial charge >= 0.3 is 5.97 Å². The average Bonchev–Trinajstić information content (AvgIpc) is 2.90. The number of nitrogens with zero attached hydrogens (tertiary/aromatic N) is 1. The van der Waals surface area contributed by atoms with Gasteiger partial charge in [-0.2, -0.15) is 4.31 Å². The van der Waals surface area contributed by atoms with E-state index in [1.165, 1.54) is 11.2 Å². The largest absolute Gasteiger partial charge is 0.478 e. The smallest absolute Gasteiger partial charge is 0.335 e. The monoisotopic (exact) mass is 315 g/mol. The van der Waals surface area contributed by atoms with Crippen molar-refractivity contribution >= 4 is 16.0 Å². The van der Waals surface area contributed by atoms with Gasteiger partial charge in [-0.3, -0.25) is 0 Å². The molecule has 7 heteroatoms. The molecule has 1 aromatic rings. The fourth-order valence-corrected chi connectivity index (χ4v) is 4.32. The van der Waals surface area contributed by atoms with Crippen molar-refractivity contribution in [2.24, 2.45) is 5.92 Å². The van der Waals surface area contributed by atoms with Gasteiger partial charge in [0.25, 0.3) is 0 Å². The first kappa shape index (κ1) is 15.9. The molecule has 1 aliphatic rings. The Labute approximate surface area is 123 Å². The lowest BCUT2D eigenvalue weighted by Gasteiger charge is -2.18. The number of carbonyl (C=O) groups is 1. The van der Waals surface area contributed by atoms with Gasteiger partial charge in [0, 0.05) is 18.7 Å². The van der Waals surface area contributed by atoms with E-state index in [-0.39, 0.29) is 16.0 Å². The minimum Gasteiger partial charge on any atom is -0.478 e. The number of carboxylic acids is 1. The van der Waals surface area contributed by atoms with Gasteiger partial charge in [-0.05, 0) is 31.4 Å². The van der Waals surface area contributed by atoms with Crippen molar-refractivity contribution in [1.82, 2.24) is 4.31 Å². The molecule has 116 valence electrons. The second-order valence-electron chi connectivity index (χ2n) is 5.31. The third kappa shape index (κ3) is 2.94. The topological polar surface area (TPSA) is 74.7 Å². The molecule has 1 aliphatic heterocycles. The van der Waals surface area contributed by atoms with Crippen LogP contribution in [-0.4, -0.2) is 36.9 Å². The minimum absolute atomic E-state index is 0.0417. The number of sulfonamides is 1. The first-order chi connectivity index (χ1) is 9.77. The lowest BCUT2D eigenvalue weighted by Crippen LogP contribution is -2.29. The van der Waals surface area contributed by atoms with Crippen molar-refractivity contribution in [3.63, 3.8) is 0 Å². The second kappa shape index (κ2) is 5.73. The maximum atomic E-state index is 13.8. The first-order valence-corrected chi connectivity index (χ1v) is 8.25. The normalized spacial score (nSPS) is 19.9. The molecule has 1 N–H and O–H groups in total. The molecular weight excluding hydrogens is 297 g/mol. The van der Waals surface area contributed by atoms with Crippen molar-refractivity contribution in [2.45, 2.75) is 31.6 Å². The summed E-state index contributed by atoms with van der Waals surface area (Å²) >= 11 is 0. The number of carboxylic acid groups (broad SMARTS) is 1. The maximum absolute atomic E-state index is 13.8. The summed E-state index contributed by atoms with van der Waals surface area (Å²) in [6, 6.07) is 1.88. The maximum Gasteiger partial charge on any atom is 0.335 e. The molecular formula is C14H18FNO4S. The fourth-order valence-electron chi connectivity index (χ4n) is 2.53. The van der Waals surface area contributed by atoms with Gasteiger partial charge in [-0.15, -0.1) is 0 Å². The average molecular weight is 315 g/mol. The molecule has 1 fully saturated rings. The molecule has 1 atom stereocenters. The summed E-state index contributed by atoms with van der Waals surface area (Å²) in [5, 5.41) is 8.96. The van der Waals surface area contributed by atoms with E-state index in [4.69, 9.17) is 5.11 Å². The van der Waals surface area contributed by atoms with Crippen molar-refractivity contribution < 1.29 is 22.7 Å². The standard InChI is InChI=1S/C14H18FNO4S/c1-3-10-4-5-16(8-10)21(19,20)13-7-11(14(17)18)6-12(15)9(13)2/h6-7,10H,3-5,8H2,1-2H3,(H,17,18). The lowest BCUT2D eigenvalue weighted by atomic mass is 10.1. The minimum atomic E-state index is -3.86. The van der Waals surface area contributed by atoms with Gasteiger partial charge in [0.05, 0.1) is 10.5 Å². The van der Waals surface area contributed by atoms with E-state index in [0.717, 1.165) is 25.0 Å². The van der Waals surface area contributed by atoms with E-state index in [9.17, 15) is 17.6 Å². The van der Waals surface area contributed by atoms with Crippen LogP contribution in [0.4, 0.5) is 4.39 Å². The molecule has 21 heavy (non-hydrogen) atoms. The highest BCUT2D eigenvalue weighted by atomic mass is 32.2. The molecule has 0 spiro atoms. The summed E-state index contributed by atoms with van der Waals surface area (Å²) in [5.74, 6) is -1.87. The van der Waals surface area contributed by atoms with Gasteiger partial charge in [-0.25, -0.2) is 17.6 Å². The Bertz CT molecular complexity index is 672.